The van der Waals surface area contributed by atoms with Crippen LogP contribution in [0.1, 0.15) is 47.0 Å². The number of carbonyl (C=O) groups excluding carboxylic acids is 2. The molecule has 126 valence electrons. The minimum Gasteiger partial charge on any atom is -0.396 e. The number of carbonyl (C=O) groups is 2. The highest BCUT2D eigenvalue weighted by Gasteiger charge is 2.21. The van der Waals surface area contributed by atoms with Crippen molar-refractivity contribution in [3.8, 4) is 0 Å². The molecule has 5 nitrogen and oxygen atoms in total. The van der Waals surface area contributed by atoms with Gasteiger partial charge in [-0.2, -0.15) is 0 Å². The summed E-state index contributed by atoms with van der Waals surface area (Å²) in [6.45, 7) is 10.4. The van der Waals surface area contributed by atoms with E-state index in [9.17, 15) is 19.8 Å². The molecule has 5 heteroatoms. The first-order valence-corrected chi connectivity index (χ1v) is 7.66. The van der Waals surface area contributed by atoms with Crippen LogP contribution in [0.5, 0.6) is 0 Å². The summed E-state index contributed by atoms with van der Waals surface area (Å²) in [5.74, 6) is -1.48. The molecule has 0 saturated heterocycles. The number of hydrogen-bond donors (Lipinski definition) is 2. The first kappa shape index (κ1) is 20.5. The summed E-state index contributed by atoms with van der Waals surface area (Å²) in [4.78, 5) is 23.0. The Hall–Kier alpha value is -1.46. The van der Waals surface area contributed by atoms with Gasteiger partial charge < -0.3 is 14.9 Å². The Labute approximate surface area is 132 Å². The summed E-state index contributed by atoms with van der Waals surface area (Å²) in [5, 5.41) is 19.5. The fourth-order valence-corrected chi connectivity index (χ4v) is 2.06. The van der Waals surface area contributed by atoms with Gasteiger partial charge in [-0.1, -0.05) is 33.3 Å². The van der Waals surface area contributed by atoms with Crippen molar-refractivity contribution in [2.45, 2.75) is 53.1 Å². The molecule has 0 aliphatic rings. The van der Waals surface area contributed by atoms with Gasteiger partial charge in [-0.25, -0.2) is 9.59 Å². The van der Waals surface area contributed by atoms with Crippen LogP contribution in [0.3, 0.4) is 0 Å². The number of rotatable bonds is 9. The van der Waals surface area contributed by atoms with E-state index >= 15 is 0 Å². The van der Waals surface area contributed by atoms with E-state index in [4.69, 9.17) is 0 Å². The molecule has 0 aromatic carbocycles. The molecule has 0 fully saturated rings. The van der Waals surface area contributed by atoms with Crippen molar-refractivity contribution >= 4 is 11.9 Å². The van der Waals surface area contributed by atoms with Crippen molar-refractivity contribution in [2.75, 3.05) is 6.61 Å². The van der Waals surface area contributed by atoms with Gasteiger partial charge in [0.2, 0.25) is 0 Å². The van der Waals surface area contributed by atoms with Crippen LogP contribution in [0, 0.1) is 11.8 Å². The Balaban J connectivity index is 4.80. The molecule has 0 saturated carbocycles. The van der Waals surface area contributed by atoms with E-state index in [0.29, 0.717) is 6.42 Å². The predicted molar refractivity (Wildman–Crippen MR) is 84.9 cm³/mol. The highest BCUT2D eigenvalue weighted by Crippen LogP contribution is 2.23. The molecule has 0 heterocycles. The van der Waals surface area contributed by atoms with E-state index in [1.165, 1.54) is 19.9 Å². The van der Waals surface area contributed by atoms with Gasteiger partial charge in [0.15, 0.2) is 0 Å². The van der Waals surface area contributed by atoms with Gasteiger partial charge in [0.25, 0.3) is 0 Å². The fraction of sp³-hybridized carbons (Fsp3) is 0.647. The summed E-state index contributed by atoms with van der Waals surface area (Å²) < 4.78 is 4.61. The molecule has 0 aliphatic heterocycles. The maximum Gasteiger partial charge on any atom is 0.341 e. The van der Waals surface area contributed by atoms with E-state index in [-0.39, 0.29) is 29.6 Å². The Morgan fingerprint density at radius 1 is 1.18 bits per heavy atom. The number of esters is 2. The van der Waals surface area contributed by atoms with Crippen molar-refractivity contribution in [3.05, 3.63) is 23.8 Å². The van der Waals surface area contributed by atoms with Gasteiger partial charge in [0, 0.05) is 17.8 Å². The minimum atomic E-state index is -0.821. The number of aliphatic hydroxyl groups excluding tert-OH is 2. The molecule has 3 atom stereocenters. The zero-order chi connectivity index (χ0) is 17.3. The summed E-state index contributed by atoms with van der Waals surface area (Å²) in [5.41, 5.74) is 0.319. The van der Waals surface area contributed by atoms with Crippen LogP contribution in [0.4, 0.5) is 0 Å². The van der Waals surface area contributed by atoms with Gasteiger partial charge in [0.1, 0.15) is 0 Å². The second-order valence-corrected chi connectivity index (χ2v) is 5.66. The second-order valence-electron chi connectivity index (χ2n) is 5.66. The Morgan fingerprint density at radius 3 is 2.18 bits per heavy atom. The normalized spacial score (nSPS) is 15.8. The van der Waals surface area contributed by atoms with Gasteiger partial charge in [-0.05, 0) is 38.2 Å². The first-order chi connectivity index (χ1) is 10.3. The largest absolute Gasteiger partial charge is 0.396 e. The summed E-state index contributed by atoms with van der Waals surface area (Å²) in [6.07, 6.45) is 2.82. The molecule has 0 radical (unpaired) electrons. The smallest absolute Gasteiger partial charge is 0.341 e. The Bertz CT molecular complexity index is 421. The SMILES string of the molecule is C=C(C)C(=O)OC(=O)C(C)=CC(O)C(CC)CC(CC)CO. The molecule has 0 aromatic heterocycles. The summed E-state index contributed by atoms with van der Waals surface area (Å²) in [6, 6.07) is 0. The van der Waals surface area contributed by atoms with Crippen molar-refractivity contribution in [2.24, 2.45) is 11.8 Å². The average molecular weight is 312 g/mol. The van der Waals surface area contributed by atoms with Crippen molar-refractivity contribution < 1.29 is 24.5 Å². The van der Waals surface area contributed by atoms with Gasteiger partial charge >= 0.3 is 11.9 Å². The van der Waals surface area contributed by atoms with Crippen LogP contribution >= 0.6 is 0 Å². The lowest BCUT2D eigenvalue weighted by molar-refractivity contribution is -0.154. The van der Waals surface area contributed by atoms with Crippen molar-refractivity contribution in [1.82, 2.24) is 0 Å². The minimum absolute atomic E-state index is 0.0586. The third-order valence-corrected chi connectivity index (χ3v) is 3.76. The molecule has 0 spiro atoms. The van der Waals surface area contributed by atoms with Gasteiger partial charge in [-0.15, -0.1) is 0 Å². The number of ether oxygens (including phenoxy) is 1. The second kappa shape index (κ2) is 10.3. The molecule has 0 amide bonds. The van der Waals surface area contributed by atoms with Gasteiger partial charge in [0.05, 0.1) is 6.10 Å². The third-order valence-electron chi connectivity index (χ3n) is 3.76. The van der Waals surface area contributed by atoms with E-state index in [2.05, 4.69) is 11.3 Å². The molecule has 22 heavy (non-hydrogen) atoms. The molecular weight excluding hydrogens is 284 g/mol. The maximum atomic E-state index is 11.7. The molecule has 0 aliphatic carbocycles. The predicted octanol–water partition coefficient (Wildman–Crippen LogP) is 2.37. The third kappa shape index (κ3) is 7.00. The number of aliphatic hydroxyl groups is 2. The Morgan fingerprint density at radius 2 is 1.77 bits per heavy atom. The maximum absolute atomic E-state index is 11.7. The van der Waals surface area contributed by atoms with Crippen LogP contribution in [0.2, 0.25) is 0 Å². The van der Waals surface area contributed by atoms with Crippen LogP contribution < -0.4 is 0 Å². The van der Waals surface area contributed by atoms with E-state index in [1.54, 1.807) is 0 Å². The van der Waals surface area contributed by atoms with E-state index < -0.39 is 18.0 Å². The topological polar surface area (TPSA) is 83.8 Å². The lowest BCUT2D eigenvalue weighted by atomic mass is 9.87. The molecular formula is C17H28O5. The summed E-state index contributed by atoms with van der Waals surface area (Å²) in [7, 11) is 0. The van der Waals surface area contributed by atoms with Crippen molar-refractivity contribution in [1.29, 1.82) is 0 Å². The zero-order valence-corrected chi connectivity index (χ0v) is 14.0. The standard InChI is InChI=1S/C17H28O5/c1-6-13(10-18)9-14(7-2)15(19)8-12(5)17(21)22-16(20)11(3)4/h8,13-15,18-19H,3,6-7,9-10H2,1-2,4-5H3. The van der Waals surface area contributed by atoms with E-state index in [0.717, 1.165) is 12.8 Å². The number of hydrogen-bond acceptors (Lipinski definition) is 5. The molecule has 0 aromatic rings. The molecule has 0 bridgehead atoms. The quantitative estimate of drug-likeness (QED) is 0.388. The molecule has 0 rings (SSSR count). The van der Waals surface area contributed by atoms with Crippen LogP contribution in [-0.2, 0) is 14.3 Å². The molecule has 2 N–H and O–H groups in total. The lowest BCUT2D eigenvalue weighted by Gasteiger charge is -2.23. The monoisotopic (exact) mass is 312 g/mol. The van der Waals surface area contributed by atoms with Crippen LogP contribution in [0.25, 0.3) is 0 Å². The van der Waals surface area contributed by atoms with E-state index in [1.807, 2.05) is 13.8 Å². The Kier molecular flexibility index (Phi) is 9.61. The highest BCUT2D eigenvalue weighted by atomic mass is 16.6. The van der Waals surface area contributed by atoms with Crippen LogP contribution in [-0.4, -0.2) is 34.9 Å². The average Bonchev–Trinajstić information content (AvgIpc) is 2.47. The fourth-order valence-electron chi connectivity index (χ4n) is 2.06. The molecule has 3 unspecified atom stereocenters. The van der Waals surface area contributed by atoms with Crippen molar-refractivity contribution in [3.63, 3.8) is 0 Å². The first-order valence-electron chi connectivity index (χ1n) is 7.66. The highest BCUT2D eigenvalue weighted by molar-refractivity contribution is 6.01. The summed E-state index contributed by atoms with van der Waals surface area (Å²) >= 11 is 0. The van der Waals surface area contributed by atoms with Crippen LogP contribution in [0.15, 0.2) is 23.8 Å². The zero-order valence-electron chi connectivity index (χ0n) is 14.0. The van der Waals surface area contributed by atoms with Gasteiger partial charge in [-0.3, -0.25) is 0 Å². The lowest BCUT2D eigenvalue weighted by Crippen LogP contribution is -2.23.